The number of phenolic OH excluding ortho intramolecular Hbond substituents is 1. The number of carbonyl (C=O) groups is 2. The molecule has 0 bridgehead atoms. The maximum Gasteiger partial charge on any atom is 0.397 e. The number of anilines is 1. The van der Waals surface area contributed by atoms with Crippen LogP contribution in [0.25, 0.3) is 0 Å². The van der Waals surface area contributed by atoms with Gasteiger partial charge in [-0.1, -0.05) is 49.6 Å². The zero-order chi connectivity index (χ0) is 29.2. The first-order chi connectivity index (χ1) is 19.8. The lowest BCUT2D eigenvalue weighted by molar-refractivity contribution is -0.152. The van der Waals surface area contributed by atoms with E-state index < -0.39 is 11.9 Å². The summed E-state index contributed by atoms with van der Waals surface area (Å²) < 4.78 is 11.1. The number of nitrogens with one attached hydrogen (secondary N) is 1. The Morgan fingerprint density at radius 2 is 1.78 bits per heavy atom. The summed E-state index contributed by atoms with van der Waals surface area (Å²) >= 11 is 0. The highest BCUT2D eigenvalue weighted by atomic mass is 16.5. The molecule has 1 fully saturated rings. The van der Waals surface area contributed by atoms with Gasteiger partial charge in [0.2, 0.25) is 0 Å². The van der Waals surface area contributed by atoms with Crippen LogP contribution in [-0.4, -0.2) is 41.6 Å². The first-order valence-electron chi connectivity index (χ1n) is 14.7. The zero-order valence-corrected chi connectivity index (χ0v) is 24.4. The number of aromatic hydroxyl groups is 1. The van der Waals surface area contributed by atoms with E-state index >= 15 is 0 Å². The first kappa shape index (κ1) is 30.1. The molecule has 0 saturated heterocycles. The predicted molar refractivity (Wildman–Crippen MR) is 162 cm³/mol. The smallest absolute Gasteiger partial charge is 0.397 e. The van der Waals surface area contributed by atoms with Gasteiger partial charge in [0.05, 0.1) is 6.61 Å². The van der Waals surface area contributed by atoms with Gasteiger partial charge >= 0.3 is 11.9 Å². The van der Waals surface area contributed by atoms with Gasteiger partial charge in [0.1, 0.15) is 17.2 Å². The van der Waals surface area contributed by atoms with E-state index in [1.807, 2.05) is 19.9 Å². The molecule has 41 heavy (non-hydrogen) atoms. The fraction of sp³-hybridized carbons (Fsp3) is 0.412. The third kappa shape index (κ3) is 8.82. The highest BCUT2D eigenvalue weighted by Crippen LogP contribution is 2.34. The topological polar surface area (TPSA) is 88.1 Å². The quantitative estimate of drug-likeness (QED) is 0.238. The molecule has 218 valence electrons. The number of esters is 1. The Kier molecular flexibility index (Phi) is 10.8. The Balaban J connectivity index is 1.50. The second kappa shape index (κ2) is 14.7. The van der Waals surface area contributed by atoms with Crippen LogP contribution in [0.4, 0.5) is 5.69 Å². The summed E-state index contributed by atoms with van der Waals surface area (Å²) in [7, 11) is 0. The van der Waals surface area contributed by atoms with Crippen LogP contribution in [0.2, 0.25) is 0 Å². The van der Waals surface area contributed by atoms with Crippen molar-refractivity contribution in [3.63, 3.8) is 0 Å². The summed E-state index contributed by atoms with van der Waals surface area (Å²) in [4.78, 5) is 26.2. The van der Waals surface area contributed by atoms with Gasteiger partial charge in [-0.05, 0) is 93.0 Å². The van der Waals surface area contributed by atoms with Crippen LogP contribution in [0.5, 0.6) is 17.2 Å². The van der Waals surface area contributed by atoms with E-state index in [0.29, 0.717) is 29.6 Å². The van der Waals surface area contributed by atoms with Gasteiger partial charge in [-0.2, -0.15) is 0 Å². The number of allylic oxidation sites excluding steroid dienone is 4. The second-order valence-electron chi connectivity index (χ2n) is 11.0. The SMILES string of the molecule is CCOC(=O)C(=O)Nc1cc(C)c(Oc2ccc(O)c(CN(CC3=CCC=CC=C3)CC3CCCCC3)c2)c(C)c1. The largest absolute Gasteiger partial charge is 0.508 e. The Morgan fingerprint density at radius 1 is 1.02 bits per heavy atom. The lowest BCUT2D eigenvalue weighted by Crippen LogP contribution is -2.31. The van der Waals surface area contributed by atoms with Crippen molar-refractivity contribution in [1.29, 1.82) is 0 Å². The van der Waals surface area contributed by atoms with E-state index in [-0.39, 0.29) is 12.4 Å². The molecule has 2 aliphatic rings. The minimum absolute atomic E-state index is 0.135. The third-order valence-electron chi connectivity index (χ3n) is 7.56. The van der Waals surface area contributed by atoms with Crippen molar-refractivity contribution in [3.05, 3.63) is 83.0 Å². The standard InChI is InChI=1S/C34H42N2O5/c1-4-40-34(39)33(38)35-29-18-24(2)32(25(3)19-29)41-30-16-17-31(37)28(20-30)23-36(22-27-14-10-7-11-15-27)21-26-12-8-5-6-9-13-26/h5-6,8,12-13,16-20,27,37H,4,7,9-11,14-15,21-23H2,1-3H3,(H,35,38). The molecule has 0 unspecified atom stereocenters. The fourth-order valence-electron chi connectivity index (χ4n) is 5.59. The number of ether oxygens (including phenoxy) is 2. The van der Waals surface area contributed by atoms with Crippen LogP contribution >= 0.6 is 0 Å². The van der Waals surface area contributed by atoms with Crippen molar-refractivity contribution < 1.29 is 24.2 Å². The van der Waals surface area contributed by atoms with Crippen molar-refractivity contribution in [2.24, 2.45) is 5.92 Å². The molecule has 2 N–H and O–H groups in total. The van der Waals surface area contributed by atoms with Crippen LogP contribution in [0, 0.1) is 19.8 Å². The molecule has 0 radical (unpaired) electrons. The number of phenols is 1. The van der Waals surface area contributed by atoms with E-state index in [2.05, 4.69) is 40.6 Å². The van der Waals surface area contributed by atoms with Gasteiger partial charge < -0.3 is 19.9 Å². The van der Waals surface area contributed by atoms with E-state index in [1.54, 1.807) is 31.2 Å². The van der Waals surface area contributed by atoms with Crippen molar-refractivity contribution in [3.8, 4) is 17.2 Å². The number of hydrogen-bond acceptors (Lipinski definition) is 6. The van der Waals surface area contributed by atoms with Crippen molar-refractivity contribution in [2.45, 2.75) is 65.8 Å². The molecule has 2 aliphatic carbocycles. The maximum atomic E-state index is 12.1. The highest BCUT2D eigenvalue weighted by molar-refractivity contribution is 6.37. The molecule has 0 spiro atoms. The number of hydrogen-bond donors (Lipinski definition) is 2. The molecule has 1 amide bonds. The Hall–Kier alpha value is -3.84. The van der Waals surface area contributed by atoms with Crippen LogP contribution < -0.4 is 10.1 Å². The summed E-state index contributed by atoms with van der Waals surface area (Å²) in [5.74, 6) is 0.487. The number of rotatable bonds is 10. The van der Waals surface area contributed by atoms with Gasteiger partial charge in [-0.3, -0.25) is 9.69 Å². The molecule has 0 aromatic heterocycles. The van der Waals surface area contributed by atoms with E-state index in [1.165, 1.54) is 37.7 Å². The van der Waals surface area contributed by atoms with Crippen LogP contribution in [0.1, 0.15) is 62.1 Å². The van der Waals surface area contributed by atoms with Crippen molar-refractivity contribution in [2.75, 3.05) is 25.0 Å². The minimum Gasteiger partial charge on any atom is -0.508 e. The van der Waals surface area contributed by atoms with Gasteiger partial charge in [0.15, 0.2) is 0 Å². The number of nitrogens with zero attached hydrogens (tertiary/aromatic N) is 1. The Morgan fingerprint density at radius 3 is 2.51 bits per heavy atom. The number of amides is 1. The molecule has 0 aliphatic heterocycles. The maximum absolute atomic E-state index is 12.1. The van der Waals surface area contributed by atoms with Crippen molar-refractivity contribution in [1.82, 2.24) is 4.90 Å². The average molecular weight is 559 g/mol. The number of benzene rings is 2. The molecule has 7 heteroatoms. The van der Waals surface area contributed by atoms with E-state index in [0.717, 1.165) is 36.2 Å². The normalized spacial score (nSPS) is 15.4. The van der Waals surface area contributed by atoms with Crippen LogP contribution in [0.15, 0.2) is 66.3 Å². The summed E-state index contributed by atoms with van der Waals surface area (Å²) in [5.41, 5.74) is 4.21. The van der Waals surface area contributed by atoms with Crippen LogP contribution in [0.3, 0.4) is 0 Å². The highest BCUT2D eigenvalue weighted by Gasteiger charge is 2.20. The van der Waals surface area contributed by atoms with Gasteiger partial charge in [0.25, 0.3) is 0 Å². The Labute approximate surface area is 243 Å². The molecule has 2 aromatic rings. The van der Waals surface area contributed by atoms with Crippen molar-refractivity contribution >= 4 is 17.6 Å². The van der Waals surface area contributed by atoms with Gasteiger partial charge in [-0.15, -0.1) is 0 Å². The monoisotopic (exact) mass is 558 g/mol. The molecule has 4 rings (SSSR count). The first-order valence-corrected chi connectivity index (χ1v) is 14.7. The lowest BCUT2D eigenvalue weighted by Gasteiger charge is -2.30. The summed E-state index contributed by atoms with van der Waals surface area (Å²) in [6.07, 6.45) is 18.2. The van der Waals surface area contributed by atoms with Crippen LogP contribution in [-0.2, 0) is 20.9 Å². The summed E-state index contributed by atoms with van der Waals surface area (Å²) in [5, 5.41) is 13.4. The molecular weight excluding hydrogens is 516 g/mol. The molecule has 0 heterocycles. The third-order valence-corrected chi connectivity index (χ3v) is 7.56. The molecular formula is C34H42N2O5. The summed E-state index contributed by atoms with van der Waals surface area (Å²) in [6.45, 7) is 8.01. The second-order valence-corrected chi connectivity index (χ2v) is 11.0. The number of aryl methyl sites for hydroxylation is 2. The molecule has 2 aromatic carbocycles. The molecule has 7 nitrogen and oxygen atoms in total. The van der Waals surface area contributed by atoms with E-state index in [4.69, 9.17) is 9.47 Å². The lowest BCUT2D eigenvalue weighted by atomic mass is 9.88. The summed E-state index contributed by atoms with van der Waals surface area (Å²) in [6, 6.07) is 8.89. The molecule has 0 atom stereocenters. The fourth-order valence-corrected chi connectivity index (χ4v) is 5.59. The molecule has 1 saturated carbocycles. The average Bonchev–Trinajstić information content (AvgIpc) is 3.22. The zero-order valence-electron chi connectivity index (χ0n) is 24.4. The predicted octanol–water partition coefficient (Wildman–Crippen LogP) is 7.13. The van der Waals surface area contributed by atoms with Gasteiger partial charge in [0, 0.05) is 30.9 Å². The number of carbonyl (C=O) groups excluding carboxylic acids is 2. The Bertz CT molecular complexity index is 1300. The van der Waals surface area contributed by atoms with Gasteiger partial charge in [-0.25, -0.2) is 4.79 Å². The van der Waals surface area contributed by atoms with E-state index in [9.17, 15) is 14.7 Å². The minimum atomic E-state index is -0.916.